The Kier molecular flexibility index (Phi) is 6.97. The lowest BCUT2D eigenvalue weighted by Gasteiger charge is -2.32. The first kappa shape index (κ1) is 32.2. The number of hydrogen-bond acceptors (Lipinski definition) is 2. The third-order valence-corrected chi connectivity index (χ3v) is 13.7. The standard InChI is InChI=1S/C53H39NS/c1-52(2)45-21-11-7-17-39(45)42-30-29-37(33-48(42)52)54(35-15-5-4-6-16-35)36-27-25-34(26-28-36)38-31-32-44-43-20-10-14-24-49(43)55-51(44)50(38)53(3)46-22-12-8-18-40(46)41-19-9-13-23-47(41)53/h4-33H,1-3H3. The Morgan fingerprint density at radius 3 is 1.64 bits per heavy atom. The first-order chi connectivity index (χ1) is 26.9. The van der Waals surface area contributed by atoms with E-state index >= 15 is 0 Å². The topological polar surface area (TPSA) is 3.24 Å². The number of para-hydroxylation sites is 1. The highest BCUT2D eigenvalue weighted by Gasteiger charge is 2.43. The minimum Gasteiger partial charge on any atom is -0.310 e. The van der Waals surface area contributed by atoms with Crippen molar-refractivity contribution < 1.29 is 0 Å². The average Bonchev–Trinajstić information content (AvgIpc) is 3.82. The molecule has 0 radical (unpaired) electrons. The summed E-state index contributed by atoms with van der Waals surface area (Å²) in [4.78, 5) is 2.41. The number of rotatable bonds is 5. The van der Waals surface area contributed by atoms with Crippen LogP contribution in [-0.2, 0) is 10.8 Å². The zero-order valence-corrected chi connectivity index (χ0v) is 32.0. The highest BCUT2D eigenvalue weighted by atomic mass is 32.1. The maximum atomic E-state index is 2.46. The summed E-state index contributed by atoms with van der Waals surface area (Å²) in [5.41, 5.74) is 17.8. The van der Waals surface area contributed by atoms with Gasteiger partial charge in [-0.05, 0) is 111 Å². The SMILES string of the molecule is CC1(C)c2ccccc2-c2ccc(N(c3ccccc3)c3ccc(-c4ccc5c(sc6ccccc65)c4C4(C)c5ccccc5-c5ccccc54)cc3)cc21. The van der Waals surface area contributed by atoms with Crippen molar-refractivity contribution in [1.29, 1.82) is 0 Å². The van der Waals surface area contributed by atoms with Crippen molar-refractivity contribution in [1.82, 2.24) is 0 Å². The van der Waals surface area contributed by atoms with Crippen LogP contribution < -0.4 is 4.90 Å². The quantitative estimate of drug-likeness (QED) is 0.171. The van der Waals surface area contributed by atoms with Gasteiger partial charge in [0.1, 0.15) is 0 Å². The molecule has 0 fully saturated rings. The molecule has 11 rings (SSSR count). The van der Waals surface area contributed by atoms with E-state index in [1.165, 1.54) is 81.4 Å². The predicted molar refractivity (Wildman–Crippen MR) is 234 cm³/mol. The maximum absolute atomic E-state index is 2.46. The van der Waals surface area contributed by atoms with Crippen LogP contribution in [-0.4, -0.2) is 0 Å². The third kappa shape index (κ3) is 4.59. The van der Waals surface area contributed by atoms with E-state index in [0.29, 0.717) is 0 Å². The Balaban J connectivity index is 1.10. The Bertz CT molecular complexity index is 2920. The van der Waals surface area contributed by atoms with Crippen molar-refractivity contribution in [2.24, 2.45) is 0 Å². The fourth-order valence-electron chi connectivity index (χ4n) is 9.89. The molecule has 0 atom stereocenters. The van der Waals surface area contributed by atoms with Crippen LogP contribution in [0.3, 0.4) is 0 Å². The summed E-state index contributed by atoms with van der Waals surface area (Å²) < 4.78 is 2.69. The second-order valence-corrected chi connectivity index (χ2v) is 16.8. The molecule has 2 aliphatic carbocycles. The summed E-state index contributed by atoms with van der Waals surface area (Å²) in [5, 5.41) is 2.66. The van der Waals surface area contributed by atoms with Crippen LogP contribution in [0.25, 0.3) is 53.6 Å². The minimum atomic E-state index is -0.341. The van der Waals surface area contributed by atoms with Gasteiger partial charge >= 0.3 is 0 Å². The first-order valence-electron chi connectivity index (χ1n) is 19.3. The fraction of sp³-hybridized carbons (Fsp3) is 0.0943. The molecule has 0 N–H and O–H groups in total. The van der Waals surface area contributed by atoms with Gasteiger partial charge in [0, 0.05) is 48.1 Å². The molecule has 1 aromatic heterocycles. The zero-order chi connectivity index (χ0) is 36.9. The van der Waals surface area contributed by atoms with Crippen molar-refractivity contribution in [3.05, 3.63) is 210 Å². The number of nitrogens with zero attached hydrogens (tertiary/aromatic N) is 1. The van der Waals surface area contributed by atoms with E-state index in [-0.39, 0.29) is 10.8 Å². The van der Waals surface area contributed by atoms with E-state index in [1.807, 2.05) is 11.3 Å². The molecule has 0 amide bonds. The van der Waals surface area contributed by atoms with Gasteiger partial charge < -0.3 is 4.90 Å². The van der Waals surface area contributed by atoms with Crippen LogP contribution in [0.2, 0.25) is 0 Å². The van der Waals surface area contributed by atoms with Crippen LogP contribution in [0.1, 0.15) is 48.6 Å². The molecule has 0 saturated carbocycles. The molecular weight excluding hydrogens is 683 g/mol. The van der Waals surface area contributed by atoms with Gasteiger partial charge in [-0.25, -0.2) is 0 Å². The van der Waals surface area contributed by atoms with Crippen LogP contribution in [0.4, 0.5) is 17.1 Å². The van der Waals surface area contributed by atoms with Gasteiger partial charge in [-0.15, -0.1) is 11.3 Å². The minimum absolute atomic E-state index is 0.0800. The van der Waals surface area contributed by atoms with Gasteiger partial charge in [-0.3, -0.25) is 0 Å². The Morgan fingerprint density at radius 1 is 0.400 bits per heavy atom. The zero-order valence-electron chi connectivity index (χ0n) is 31.2. The van der Waals surface area contributed by atoms with Crippen molar-refractivity contribution in [2.75, 3.05) is 4.90 Å². The maximum Gasteiger partial charge on any atom is 0.0465 e. The van der Waals surface area contributed by atoms with Crippen molar-refractivity contribution >= 4 is 48.6 Å². The van der Waals surface area contributed by atoms with E-state index < -0.39 is 0 Å². The van der Waals surface area contributed by atoms with Gasteiger partial charge in [0.2, 0.25) is 0 Å². The van der Waals surface area contributed by atoms with Crippen LogP contribution in [0.5, 0.6) is 0 Å². The van der Waals surface area contributed by atoms with Gasteiger partial charge in [0.05, 0.1) is 0 Å². The van der Waals surface area contributed by atoms with Crippen molar-refractivity contribution in [2.45, 2.75) is 31.6 Å². The molecule has 0 saturated heterocycles. The van der Waals surface area contributed by atoms with Crippen molar-refractivity contribution in [3.63, 3.8) is 0 Å². The highest BCUT2D eigenvalue weighted by molar-refractivity contribution is 7.26. The lowest BCUT2D eigenvalue weighted by molar-refractivity contribution is 0.660. The van der Waals surface area contributed by atoms with E-state index in [2.05, 4.69) is 208 Å². The molecule has 8 aromatic carbocycles. The summed E-state index contributed by atoms with van der Waals surface area (Å²) in [7, 11) is 0. The molecule has 262 valence electrons. The number of fused-ring (bicyclic) bond motifs is 9. The molecule has 9 aromatic rings. The normalized spacial score (nSPS) is 14.4. The van der Waals surface area contributed by atoms with Gasteiger partial charge in [-0.1, -0.05) is 153 Å². The molecule has 0 bridgehead atoms. The van der Waals surface area contributed by atoms with Crippen LogP contribution in [0.15, 0.2) is 182 Å². The van der Waals surface area contributed by atoms with Gasteiger partial charge in [0.25, 0.3) is 0 Å². The van der Waals surface area contributed by atoms with Crippen LogP contribution in [0, 0.1) is 0 Å². The van der Waals surface area contributed by atoms with E-state index in [4.69, 9.17) is 0 Å². The molecule has 2 aliphatic rings. The summed E-state index contributed by atoms with van der Waals surface area (Å²) >= 11 is 1.93. The summed E-state index contributed by atoms with van der Waals surface area (Å²) in [5.74, 6) is 0. The molecule has 1 heterocycles. The second-order valence-electron chi connectivity index (χ2n) is 15.8. The Labute approximate surface area is 326 Å². The number of anilines is 3. The first-order valence-corrected chi connectivity index (χ1v) is 20.1. The van der Waals surface area contributed by atoms with E-state index in [1.54, 1.807) is 0 Å². The summed E-state index contributed by atoms with van der Waals surface area (Å²) in [6.07, 6.45) is 0. The fourth-order valence-corrected chi connectivity index (χ4v) is 11.3. The molecule has 0 spiro atoms. The lowest BCUT2D eigenvalue weighted by Crippen LogP contribution is -2.23. The largest absolute Gasteiger partial charge is 0.310 e. The van der Waals surface area contributed by atoms with E-state index in [0.717, 1.165) is 17.1 Å². The van der Waals surface area contributed by atoms with Crippen LogP contribution >= 0.6 is 11.3 Å². The second kappa shape index (κ2) is 11.9. The Morgan fingerprint density at radius 2 is 0.927 bits per heavy atom. The summed E-state index contributed by atoms with van der Waals surface area (Å²) in [6.45, 7) is 7.17. The van der Waals surface area contributed by atoms with E-state index in [9.17, 15) is 0 Å². The monoisotopic (exact) mass is 721 g/mol. The average molecular weight is 722 g/mol. The molecule has 2 heteroatoms. The molecule has 0 unspecified atom stereocenters. The molecule has 1 nitrogen and oxygen atoms in total. The van der Waals surface area contributed by atoms with Gasteiger partial charge in [-0.2, -0.15) is 0 Å². The van der Waals surface area contributed by atoms with Gasteiger partial charge in [0.15, 0.2) is 0 Å². The molecule has 55 heavy (non-hydrogen) atoms. The lowest BCUT2D eigenvalue weighted by atomic mass is 9.71. The number of benzene rings is 8. The van der Waals surface area contributed by atoms with Crippen molar-refractivity contribution in [3.8, 4) is 33.4 Å². The number of thiophene rings is 1. The predicted octanol–water partition coefficient (Wildman–Crippen LogP) is 14.8. The number of hydrogen-bond donors (Lipinski definition) is 0. The smallest absolute Gasteiger partial charge is 0.0465 e. The molecular formula is C53H39NS. The summed E-state index contributed by atoms with van der Waals surface area (Å²) in [6, 6.07) is 67.7. The third-order valence-electron chi connectivity index (χ3n) is 12.5. The Hall–Kier alpha value is -6.22. The molecule has 0 aliphatic heterocycles. The highest BCUT2D eigenvalue weighted by Crippen LogP contribution is 2.57.